The summed E-state index contributed by atoms with van der Waals surface area (Å²) in [5.41, 5.74) is 0. The van der Waals surface area contributed by atoms with Gasteiger partial charge in [-0.3, -0.25) is 4.79 Å². The summed E-state index contributed by atoms with van der Waals surface area (Å²) in [7, 11) is 0. The molecule has 4 atom stereocenters. The molecule has 0 N–H and O–H groups in total. The van der Waals surface area contributed by atoms with E-state index in [1.165, 1.54) is 6.42 Å². The lowest BCUT2D eigenvalue weighted by atomic mass is 9.82. The van der Waals surface area contributed by atoms with Crippen molar-refractivity contribution in [3.63, 3.8) is 0 Å². The Morgan fingerprint density at radius 3 is 2.62 bits per heavy atom. The van der Waals surface area contributed by atoms with Crippen LogP contribution in [-0.2, 0) is 4.79 Å². The lowest BCUT2D eigenvalue weighted by molar-refractivity contribution is -0.121. The first-order chi connectivity index (χ1) is 3.88. The van der Waals surface area contributed by atoms with Crippen molar-refractivity contribution in [2.45, 2.75) is 12.8 Å². The molecule has 3 aliphatic carbocycles. The summed E-state index contributed by atoms with van der Waals surface area (Å²) in [6, 6.07) is 0. The highest BCUT2D eigenvalue weighted by Crippen LogP contribution is 2.71. The van der Waals surface area contributed by atoms with Crippen LogP contribution in [0.5, 0.6) is 0 Å². The van der Waals surface area contributed by atoms with Gasteiger partial charge in [-0.1, -0.05) is 0 Å². The molecular formula is C7H8O. The Hall–Kier alpha value is -0.330. The van der Waals surface area contributed by atoms with E-state index < -0.39 is 0 Å². The number of ketones is 1. The van der Waals surface area contributed by atoms with Crippen LogP contribution in [0.2, 0.25) is 0 Å². The van der Waals surface area contributed by atoms with Crippen molar-refractivity contribution >= 4 is 5.78 Å². The molecule has 0 spiro atoms. The minimum atomic E-state index is 0.580. The predicted molar refractivity (Wildman–Crippen MR) is 28.2 cm³/mol. The fraction of sp³-hybridized carbons (Fsp3) is 0.857. The second kappa shape index (κ2) is 0.772. The van der Waals surface area contributed by atoms with E-state index in [2.05, 4.69) is 0 Å². The third-order valence-corrected chi connectivity index (χ3v) is 3.18. The largest absolute Gasteiger partial charge is 0.299 e. The van der Waals surface area contributed by atoms with Gasteiger partial charge in [0, 0.05) is 12.3 Å². The van der Waals surface area contributed by atoms with E-state index in [1.54, 1.807) is 0 Å². The predicted octanol–water partition coefficient (Wildman–Crippen LogP) is 0.841. The maximum absolute atomic E-state index is 10.9. The molecule has 0 saturated heterocycles. The van der Waals surface area contributed by atoms with Gasteiger partial charge in [-0.2, -0.15) is 0 Å². The van der Waals surface area contributed by atoms with E-state index in [9.17, 15) is 4.79 Å². The highest BCUT2D eigenvalue weighted by molar-refractivity contribution is 5.89. The highest BCUT2D eigenvalue weighted by Gasteiger charge is 2.70. The van der Waals surface area contributed by atoms with Crippen LogP contribution in [0.15, 0.2) is 0 Å². The quantitative estimate of drug-likeness (QED) is 0.449. The number of fused-ring (bicyclic) bond motifs is 1. The normalized spacial score (nSPS) is 64.8. The fourth-order valence-corrected chi connectivity index (χ4v) is 2.73. The summed E-state index contributed by atoms with van der Waals surface area (Å²) in [4.78, 5) is 10.9. The van der Waals surface area contributed by atoms with Gasteiger partial charge in [0.05, 0.1) is 0 Å². The number of Topliss-reactive ketones (excluding diaryl/α,β-unsaturated/α-hetero) is 1. The second-order valence-corrected chi connectivity index (χ2v) is 3.43. The van der Waals surface area contributed by atoms with Crippen molar-refractivity contribution in [2.75, 3.05) is 0 Å². The Labute approximate surface area is 48.1 Å². The van der Waals surface area contributed by atoms with Crippen LogP contribution in [0.4, 0.5) is 0 Å². The molecule has 0 amide bonds. The molecule has 1 heteroatoms. The van der Waals surface area contributed by atoms with E-state index in [1.807, 2.05) is 0 Å². The minimum absolute atomic E-state index is 0.580. The number of rotatable bonds is 0. The smallest absolute Gasteiger partial charge is 0.136 e. The maximum atomic E-state index is 10.9. The van der Waals surface area contributed by atoms with Crippen LogP contribution in [0, 0.1) is 23.7 Å². The van der Waals surface area contributed by atoms with Gasteiger partial charge in [0.15, 0.2) is 0 Å². The average molecular weight is 108 g/mol. The molecule has 0 bridgehead atoms. The Balaban J connectivity index is 2.09. The molecule has 1 nitrogen and oxygen atoms in total. The average Bonchev–Trinajstić information content (AvgIpc) is 2.20. The molecule has 3 rings (SSSR count). The number of carbonyl (C=O) groups is 1. The molecule has 0 aromatic carbocycles. The number of carbonyl (C=O) groups excluding carboxylic acids is 1. The molecule has 4 unspecified atom stereocenters. The van der Waals surface area contributed by atoms with Gasteiger partial charge >= 0.3 is 0 Å². The van der Waals surface area contributed by atoms with Gasteiger partial charge in [-0.25, -0.2) is 0 Å². The monoisotopic (exact) mass is 108 g/mol. The third-order valence-electron chi connectivity index (χ3n) is 3.18. The summed E-state index contributed by atoms with van der Waals surface area (Å²) in [6.07, 6.45) is 2.33. The summed E-state index contributed by atoms with van der Waals surface area (Å²) in [6.45, 7) is 0. The Bertz CT molecular complexity index is 173. The topological polar surface area (TPSA) is 17.1 Å². The number of hydrogen-bond acceptors (Lipinski definition) is 1. The van der Waals surface area contributed by atoms with E-state index in [0.29, 0.717) is 11.7 Å². The first-order valence-corrected chi connectivity index (χ1v) is 3.40. The molecule has 8 heavy (non-hydrogen) atoms. The first kappa shape index (κ1) is 3.65. The van der Waals surface area contributed by atoms with Crippen LogP contribution in [0.25, 0.3) is 0 Å². The van der Waals surface area contributed by atoms with Crippen LogP contribution in [0.1, 0.15) is 12.8 Å². The van der Waals surface area contributed by atoms with Gasteiger partial charge in [0.1, 0.15) is 5.78 Å². The van der Waals surface area contributed by atoms with E-state index in [-0.39, 0.29) is 0 Å². The molecular weight excluding hydrogens is 100 g/mol. The molecule has 3 saturated carbocycles. The standard InChI is InChI=1S/C7H8O/c8-5-2-3-1-4-6(3)7(4)5/h3-4,6-7H,1-2H2. The summed E-state index contributed by atoms with van der Waals surface area (Å²) in [5, 5.41) is 0. The molecule has 0 radical (unpaired) electrons. The zero-order chi connectivity index (χ0) is 5.30. The summed E-state index contributed by atoms with van der Waals surface area (Å²) in [5.74, 6) is 3.82. The van der Waals surface area contributed by atoms with Gasteiger partial charge < -0.3 is 0 Å². The zero-order valence-corrected chi connectivity index (χ0v) is 4.63. The summed E-state index contributed by atoms with van der Waals surface area (Å²) >= 11 is 0. The molecule has 0 aromatic heterocycles. The minimum Gasteiger partial charge on any atom is -0.299 e. The SMILES string of the molecule is O=C1CC2CC3C1C23. The maximum Gasteiger partial charge on any atom is 0.136 e. The molecule has 0 aromatic rings. The fourth-order valence-electron chi connectivity index (χ4n) is 2.73. The molecule has 42 valence electrons. The number of hydrogen-bond donors (Lipinski definition) is 0. The van der Waals surface area contributed by atoms with Crippen molar-refractivity contribution in [3.05, 3.63) is 0 Å². The lowest BCUT2D eigenvalue weighted by Crippen LogP contribution is -2.18. The van der Waals surface area contributed by atoms with E-state index in [0.717, 1.165) is 24.2 Å². The second-order valence-electron chi connectivity index (χ2n) is 3.43. The van der Waals surface area contributed by atoms with Crippen molar-refractivity contribution in [1.82, 2.24) is 0 Å². The van der Waals surface area contributed by atoms with Gasteiger partial charge in [0.25, 0.3) is 0 Å². The van der Waals surface area contributed by atoms with Crippen LogP contribution in [-0.4, -0.2) is 5.78 Å². The van der Waals surface area contributed by atoms with Crippen molar-refractivity contribution in [3.8, 4) is 0 Å². The third kappa shape index (κ3) is 0.188. The van der Waals surface area contributed by atoms with Crippen LogP contribution >= 0.6 is 0 Å². The summed E-state index contributed by atoms with van der Waals surface area (Å²) < 4.78 is 0. The first-order valence-electron chi connectivity index (χ1n) is 3.40. The van der Waals surface area contributed by atoms with Gasteiger partial charge in [0.2, 0.25) is 0 Å². The molecule has 0 heterocycles. The van der Waals surface area contributed by atoms with Crippen molar-refractivity contribution in [1.29, 1.82) is 0 Å². The van der Waals surface area contributed by atoms with E-state index in [4.69, 9.17) is 0 Å². The van der Waals surface area contributed by atoms with Crippen LogP contribution < -0.4 is 0 Å². The van der Waals surface area contributed by atoms with Crippen molar-refractivity contribution in [2.24, 2.45) is 23.7 Å². The Kier molecular flexibility index (Phi) is 0.352. The van der Waals surface area contributed by atoms with E-state index >= 15 is 0 Å². The Morgan fingerprint density at radius 1 is 1.50 bits per heavy atom. The molecule has 3 aliphatic rings. The van der Waals surface area contributed by atoms with Gasteiger partial charge in [-0.15, -0.1) is 0 Å². The highest BCUT2D eigenvalue weighted by atomic mass is 16.1. The molecule has 0 aliphatic heterocycles. The van der Waals surface area contributed by atoms with Crippen LogP contribution in [0.3, 0.4) is 0 Å². The Morgan fingerprint density at radius 2 is 2.38 bits per heavy atom. The lowest BCUT2D eigenvalue weighted by Gasteiger charge is -2.22. The molecule has 3 fully saturated rings. The van der Waals surface area contributed by atoms with Crippen molar-refractivity contribution < 1.29 is 4.79 Å². The zero-order valence-electron chi connectivity index (χ0n) is 4.63. The van der Waals surface area contributed by atoms with Gasteiger partial charge in [-0.05, 0) is 24.2 Å².